The average molecular weight is 484 g/mol. The molecule has 7 heteroatoms. The first-order valence-corrected chi connectivity index (χ1v) is 12.6. The van der Waals surface area contributed by atoms with Crippen molar-refractivity contribution in [2.24, 2.45) is 0 Å². The molecule has 0 aliphatic carbocycles. The number of benzene rings is 2. The highest BCUT2D eigenvalue weighted by atomic mass is 32.2. The van der Waals surface area contributed by atoms with Gasteiger partial charge in [-0.15, -0.1) is 0 Å². The van der Waals surface area contributed by atoms with E-state index in [0.717, 1.165) is 42.1 Å². The standard InChI is InChI=1S/C25H25NO3S3/c1-5-28-16-12-13-17-18(14-16)26-25(3,4)22(30)19(17)24-31-20(15-10-8-7-9-11-15)21(32-24)23(27)29-6-2/h7-14,26H,5-6H2,1-4H3/b24-19-. The van der Waals surface area contributed by atoms with E-state index >= 15 is 0 Å². The van der Waals surface area contributed by atoms with Crippen molar-refractivity contribution in [1.29, 1.82) is 0 Å². The number of thioether (sulfide) groups is 2. The van der Waals surface area contributed by atoms with Crippen LogP contribution in [-0.2, 0) is 9.53 Å². The van der Waals surface area contributed by atoms with Crippen molar-refractivity contribution in [3.05, 3.63) is 68.8 Å². The summed E-state index contributed by atoms with van der Waals surface area (Å²) in [5.41, 5.74) is 3.56. The number of hydrogen-bond acceptors (Lipinski definition) is 7. The maximum atomic E-state index is 12.8. The van der Waals surface area contributed by atoms with Crippen molar-refractivity contribution in [3.63, 3.8) is 0 Å². The number of fused-ring (bicyclic) bond motifs is 1. The third-order valence-electron chi connectivity index (χ3n) is 5.11. The number of anilines is 1. The number of nitrogens with one attached hydrogen (secondary N) is 1. The Morgan fingerprint density at radius 1 is 1.06 bits per heavy atom. The summed E-state index contributed by atoms with van der Waals surface area (Å²) in [4.78, 5) is 15.2. The molecule has 2 aliphatic heterocycles. The largest absolute Gasteiger partial charge is 0.494 e. The predicted molar refractivity (Wildman–Crippen MR) is 140 cm³/mol. The van der Waals surface area contributed by atoms with Crippen molar-refractivity contribution in [3.8, 4) is 5.75 Å². The molecule has 166 valence electrons. The molecular weight excluding hydrogens is 458 g/mol. The highest BCUT2D eigenvalue weighted by molar-refractivity contribution is 8.32. The first-order valence-electron chi connectivity index (χ1n) is 10.5. The van der Waals surface area contributed by atoms with Gasteiger partial charge in [-0.2, -0.15) is 0 Å². The molecule has 0 amide bonds. The van der Waals surface area contributed by atoms with E-state index in [-0.39, 0.29) is 5.97 Å². The monoisotopic (exact) mass is 483 g/mol. The molecule has 0 bridgehead atoms. The molecule has 0 radical (unpaired) electrons. The molecule has 32 heavy (non-hydrogen) atoms. The van der Waals surface area contributed by atoms with Gasteiger partial charge in [0.25, 0.3) is 0 Å². The zero-order chi connectivity index (χ0) is 22.9. The van der Waals surface area contributed by atoms with Crippen LogP contribution in [0, 0.1) is 0 Å². The molecule has 0 aromatic heterocycles. The molecule has 1 N–H and O–H groups in total. The Kier molecular flexibility index (Phi) is 6.70. The van der Waals surface area contributed by atoms with Gasteiger partial charge in [0.05, 0.1) is 23.0 Å². The number of rotatable bonds is 5. The summed E-state index contributed by atoms with van der Waals surface area (Å²) in [6.45, 7) is 8.89. The van der Waals surface area contributed by atoms with Crippen molar-refractivity contribution in [2.45, 2.75) is 33.2 Å². The first-order chi connectivity index (χ1) is 15.4. The second-order valence-corrected chi connectivity index (χ2v) is 10.5. The van der Waals surface area contributed by atoms with Crippen LogP contribution in [0.2, 0.25) is 0 Å². The Bertz CT molecular complexity index is 1140. The minimum absolute atomic E-state index is 0.300. The van der Waals surface area contributed by atoms with E-state index in [1.807, 2.05) is 62.4 Å². The molecule has 0 unspecified atom stereocenters. The van der Waals surface area contributed by atoms with E-state index in [0.29, 0.717) is 18.1 Å². The Hall–Kier alpha value is -2.22. The lowest BCUT2D eigenvalue weighted by molar-refractivity contribution is -0.137. The van der Waals surface area contributed by atoms with Crippen LogP contribution in [0.25, 0.3) is 10.5 Å². The van der Waals surface area contributed by atoms with Crippen molar-refractivity contribution in [1.82, 2.24) is 0 Å². The topological polar surface area (TPSA) is 47.6 Å². The number of carbonyl (C=O) groups excluding carboxylic acids is 1. The fourth-order valence-electron chi connectivity index (χ4n) is 3.64. The number of hydrogen-bond donors (Lipinski definition) is 1. The second-order valence-electron chi connectivity index (χ2n) is 7.83. The summed E-state index contributed by atoms with van der Waals surface area (Å²) >= 11 is 9.00. The molecule has 0 saturated heterocycles. The molecule has 2 aromatic carbocycles. The molecule has 2 heterocycles. The number of esters is 1. The minimum atomic E-state index is -0.420. The SMILES string of the molecule is CCOC(=O)C1=C(c2ccccc2)S/C(=C2/C(=S)C(C)(C)Nc3cc(OCC)ccc32)S1. The normalized spacial score (nSPS) is 19.4. The highest BCUT2D eigenvalue weighted by Gasteiger charge is 2.39. The zero-order valence-corrected chi connectivity index (χ0v) is 20.9. The molecule has 0 spiro atoms. The predicted octanol–water partition coefficient (Wildman–Crippen LogP) is 6.74. The molecule has 2 aromatic rings. The maximum absolute atomic E-state index is 12.8. The molecule has 0 fully saturated rings. The molecular formula is C25H25NO3S3. The lowest BCUT2D eigenvalue weighted by Crippen LogP contribution is -2.43. The Labute approximate surface area is 202 Å². The van der Waals surface area contributed by atoms with E-state index in [1.165, 1.54) is 11.8 Å². The van der Waals surface area contributed by atoms with E-state index in [9.17, 15) is 4.79 Å². The van der Waals surface area contributed by atoms with Crippen LogP contribution in [0.3, 0.4) is 0 Å². The van der Waals surface area contributed by atoms with E-state index in [2.05, 4.69) is 19.2 Å². The fourth-order valence-corrected chi connectivity index (χ4v) is 6.73. The van der Waals surface area contributed by atoms with Crippen LogP contribution >= 0.6 is 35.7 Å². The summed E-state index contributed by atoms with van der Waals surface area (Å²) in [5, 5.41) is 3.56. The maximum Gasteiger partial charge on any atom is 0.346 e. The first kappa shape index (κ1) is 23.0. The van der Waals surface area contributed by atoms with Crippen LogP contribution in [-0.4, -0.2) is 29.6 Å². The van der Waals surface area contributed by atoms with Gasteiger partial charge in [-0.3, -0.25) is 0 Å². The minimum Gasteiger partial charge on any atom is -0.494 e. The number of carbonyl (C=O) groups is 1. The molecule has 0 saturated carbocycles. The summed E-state index contributed by atoms with van der Waals surface area (Å²) in [7, 11) is 0. The number of ether oxygens (including phenoxy) is 2. The van der Waals surface area contributed by atoms with Gasteiger partial charge >= 0.3 is 5.97 Å². The van der Waals surface area contributed by atoms with E-state index in [1.54, 1.807) is 11.8 Å². The summed E-state index contributed by atoms with van der Waals surface area (Å²) in [6.07, 6.45) is 0. The third-order valence-corrected chi connectivity index (χ3v) is 8.45. The zero-order valence-electron chi connectivity index (χ0n) is 18.5. The quantitative estimate of drug-likeness (QED) is 0.287. The van der Waals surface area contributed by atoms with Gasteiger partial charge in [-0.05, 0) is 45.4 Å². The number of thiocarbonyl (C=S) groups is 1. The molecule has 0 atom stereocenters. The average Bonchev–Trinajstić information content (AvgIpc) is 3.21. The van der Waals surface area contributed by atoms with Gasteiger partial charge in [0.15, 0.2) is 0 Å². The van der Waals surface area contributed by atoms with Gasteiger partial charge in [0.1, 0.15) is 10.7 Å². The molecule has 2 aliphatic rings. The van der Waals surface area contributed by atoms with Gasteiger partial charge in [0.2, 0.25) is 0 Å². The lowest BCUT2D eigenvalue weighted by atomic mass is 9.85. The Morgan fingerprint density at radius 3 is 2.50 bits per heavy atom. The van der Waals surface area contributed by atoms with Crippen molar-refractivity contribution < 1.29 is 14.3 Å². The van der Waals surface area contributed by atoms with Crippen LogP contribution in [0.1, 0.15) is 38.8 Å². The van der Waals surface area contributed by atoms with Crippen LogP contribution in [0.4, 0.5) is 5.69 Å². The van der Waals surface area contributed by atoms with Crippen LogP contribution in [0.5, 0.6) is 5.75 Å². The van der Waals surface area contributed by atoms with Crippen LogP contribution in [0.15, 0.2) is 57.7 Å². The molecule has 4 nitrogen and oxygen atoms in total. The summed E-state index contributed by atoms with van der Waals surface area (Å²) in [5.74, 6) is 0.513. The summed E-state index contributed by atoms with van der Waals surface area (Å²) < 4.78 is 12.1. The lowest BCUT2D eigenvalue weighted by Gasteiger charge is -2.37. The van der Waals surface area contributed by atoms with E-state index < -0.39 is 5.54 Å². The van der Waals surface area contributed by atoms with Gasteiger partial charge in [-0.25, -0.2) is 4.79 Å². The van der Waals surface area contributed by atoms with Crippen molar-refractivity contribution >= 4 is 62.7 Å². The fraction of sp³-hybridized carbons (Fsp3) is 0.280. The highest BCUT2D eigenvalue weighted by Crippen LogP contribution is 2.58. The Morgan fingerprint density at radius 2 is 1.81 bits per heavy atom. The Balaban J connectivity index is 1.84. The van der Waals surface area contributed by atoms with Gasteiger partial charge in [-0.1, -0.05) is 66.1 Å². The summed E-state index contributed by atoms with van der Waals surface area (Å²) in [6, 6.07) is 16.0. The second kappa shape index (κ2) is 9.33. The van der Waals surface area contributed by atoms with Gasteiger partial charge in [0, 0.05) is 32.7 Å². The smallest absolute Gasteiger partial charge is 0.346 e. The van der Waals surface area contributed by atoms with Crippen LogP contribution < -0.4 is 10.1 Å². The molecule has 4 rings (SSSR count). The van der Waals surface area contributed by atoms with Gasteiger partial charge < -0.3 is 14.8 Å². The third kappa shape index (κ3) is 4.34. The van der Waals surface area contributed by atoms with E-state index in [4.69, 9.17) is 21.7 Å². The van der Waals surface area contributed by atoms with Crippen molar-refractivity contribution in [2.75, 3.05) is 18.5 Å².